The molecule has 1 rings (SSSR count). The maximum absolute atomic E-state index is 2.40. The van der Waals surface area contributed by atoms with Crippen LogP contribution in [0.3, 0.4) is 0 Å². The van der Waals surface area contributed by atoms with Crippen molar-refractivity contribution in [2.45, 2.75) is 71.6 Å². The molecule has 0 saturated carbocycles. The van der Waals surface area contributed by atoms with Gasteiger partial charge in [-0.1, -0.05) is 71.3 Å². The zero-order chi connectivity index (χ0) is 12.3. The van der Waals surface area contributed by atoms with Gasteiger partial charge in [-0.2, -0.15) is 0 Å². The summed E-state index contributed by atoms with van der Waals surface area (Å²) in [5.41, 5.74) is 0. The monoisotopic (exact) mass is 252 g/mol. The van der Waals surface area contributed by atoms with Crippen LogP contribution in [0.1, 0.15) is 70.1 Å². The van der Waals surface area contributed by atoms with E-state index in [1.165, 1.54) is 57.8 Å². The van der Waals surface area contributed by atoms with E-state index in [2.05, 4.69) is 31.4 Å². The van der Waals surface area contributed by atoms with E-state index in [4.69, 9.17) is 0 Å². The third-order valence-electron chi connectivity index (χ3n) is 3.43. The van der Waals surface area contributed by atoms with Crippen molar-refractivity contribution in [3.05, 3.63) is 22.4 Å². The van der Waals surface area contributed by atoms with E-state index in [0.29, 0.717) is 0 Å². The second-order valence-electron chi connectivity index (χ2n) is 5.30. The predicted molar refractivity (Wildman–Crippen MR) is 79.8 cm³/mol. The Morgan fingerprint density at radius 2 is 1.76 bits per heavy atom. The molecule has 0 amide bonds. The van der Waals surface area contributed by atoms with E-state index in [9.17, 15) is 0 Å². The Bertz CT molecular complexity index is 250. The minimum Gasteiger partial charge on any atom is -0.149 e. The van der Waals surface area contributed by atoms with Gasteiger partial charge < -0.3 is 0 Å². The van der Waals surface area contributed by atoms with Crippen molar-refractivity contribution < 1.29 is 0 Å². The Balaban J connectivity index is 1.92. The molecule has 0 N–H and O–H groups in total. The summed E-state index contributed by atoms with van der Waals surface area (Å²) in [5, 5.41) is 2.19. The van der Waals surface area contributed by atoms with Gasteiger partial charge in [0.15, 0.2) is 0 Å². The number of unbranched alkanes of at least 4 members (excludes halogenated alkanes) is 6. The fraction of sp³-hybridized carbons (Fsp3) is 0.750. The second kappa shape index (κ2) is 9.70. The highest BCUT2D eigenvalue weighted by Gasteiger charge is 2.04. The summed E-state index contributed by atoms with van der Waals surface area (Å²) in [6.45, 7) is 4.68. The van der Waals surface area contributed by atoms with E-state index >= 15 is 0 Å². The van der Waals surface area contributed by atoms with Gasteiger partial charge in [-0.05, 0) is 23.8 Å². The van der Waals surface area contributed by atoms with Gasteiger partial charge in [0.2, 0.25) is 0 Å². The lowest BCUT2D eigenvalue weighted by Crippen LogP contribution is -1.98. The highest BCUT2D eigenvalue weighted by molar-refractivity contribution is 7.09. The fourth-order valence-corrected chi connectivity index (χ4v) is 3.19. The van der Waals surface area contributed by atoms with E-state index in [1.54, 1.807) is 4.88 Å². The van der Waals surface area contributed by atoms with Crippen LogP contribution in [0.2, 0.25) is 0 Å². The van der Waals surface area contributed by atoms with E-state index in [1.807, 2.05) is 11.3 Å². The number of thiophene rings is 1. The van der Waals surface area contributed by atoms with Gasteiger partial charge in [-0.3, -0.25) is 0 Å². The van der Waals surface area contributed by atoms with E-state index in [-0.39, 0.29) is 0 Å². The molecule has 1 heterocycles. The van der Waals surface area contributed by atoms with Crippen molar-refractivity contribution in [1.82, 2.24) is 0 Å². The molecule has 0 aliphatic carbocycles. The standard InChI is InChI=1S/C16H28S/c1-3-4-5-6-7-8-9-11-15(2)14-16-12-10-13-17-16/h10,12-13,15H,3-9,11,14H2,1-2H3. The minimum absolute atomic E-state index is 0.865. The Hall–Kier alpha value is -0.300. The molecule has 1 heteroatoms. The van der Waals surface area contributed by atoms with E-state index < -0.39 is 0 Å². The van der Waals surface area contributed by atoms with Crippen LogP contribution in [-0.2, 0) is 6.42 Å². The van der Waals surface area contributed by atoms with Crippen molar-refractivity contribution >= 4 is 11.3 Å². The van der Waals surface area contributed by atoms with Crippen molar-refractivity contribution in [3.63, 3.8) is 0 Å². The first-order valence-corrected chi connectivity index (χ1v) is 8.23. The second-order valence-corrected chi connectivity index (χ2v) is 6.33. The predicted octanol–water partition coefficient (Wildman–Crippen LogP) is 6.07. The molecular weight excluding hydrogens is 224 g/mol. The van der Waals surface area contributed by atoms with Gasteiger partial charge in [0.25, 0.3) is 0 Å². The van der Waals surface area contributed by atoms with Crippen molar-refractivity contribution in [2.24, 2.45) is 5.92 Å². The molecule has 0 bridgehead atoms. The lowest BCUT2D eigenvalue weighted by Gasteiger charge is -2.09. The summed E-state index contributed by atoms with van der Waals surface area (Å²) in [7, 11) is 0. The third-order valence-corrected chi connectivity index (χ3v) is 4.33. The van der Waals surface area contributed by atoms with Gasteiger partial charge in [-0.25, -0.2) is 0 Å². The fourth-order valence-electron chi connectivity index (χ4n) is 2.32. The molecule has 0 aliphatic rings. The third kappa shape index (κ3) is 7.59. The first kappa shape index (κ1) is 14.8. The average Bonchev–Trinajstić information content (AvgIpc) is 2.80. The summed E-state index contributed by atoms with van der Waals surface area (Å²) in [5.74, 6) is 0.865. The zero-order valence-electron chi connectivity index (χ0n) is 11.6. The van der Waals surface area contributed by atoms with Crippen LogP contribution < -0.4 is 0 Å². The molecule has 1 unspecified atom stereocenters. The number of rotatable bonds is 10. The minimum atomic E-state index is 0.865. The molecule has 0 spiro atoms. The van der Waals surface area contributed by atoms with Crippen LogP contribution in [0, 0.1) is 5.92 Å². The van der Waals surface area contributed by atoms with Gasteiger partial charge in [0.1, 0.15) is 0 Å². The van der Waals surface area contributed by atoms with Crippen molar-refractivity contribution in [1.29, 1.82) is 0 Å². The maximum atomic E-state index is 2.40. The summed E-state index contributed by atoms with van der Waals surface area (Å²) < 4.78 is 0. The van der Waals surface area contributed by atoms with Crippen molar-refractivity contribution in [2.75, 3.05) is 0 Å². The molecule has 0 nitrogen and oxygen atoms in total. The smallest absolute Gasteiger partial charge is 0.00478 e. The van der Waals surface area contributed by atoms with Gasteiger partial charge in [0.05, 0.1) is 0 Å². The molecule has 1 aromatic rings. The molecule has 0 aromatic carbocycles. The molecule has 98 valence electrons. The van der Waals surface area contributed by atoms with Crippen LogP contribution in [0.4, 0.5) is 0 Å². The van der Waals surface area contributed by atoms with Crippen LogP contribution in [-0.4, -0.2) is 0 Å². The Labute approximate surface area is 111 Å². The topological polar surface area (TPSA) is 0 Å². The largest absolute Gasteiger partial charge is 0.149 e. The summed E-state index contributed by atoms with van der Waals surface area (Å²) in [6, 6.07) is 4.44. The maximum Gasteiger partial charge on any atom is 0.00478 e. The molecule has 1 aromatic heterocycles. The van der Waals surface area contributed by atoms with Crippen LogP contribution in [0.15, 0.2) is 17.5 Å². The zero-order valence-corrected chi connectivity index (χ0v) is 12.4. The van der Waals surface area contributed by atoms with Crippen molar-refractivity contribution in [3.8, 4) is 0 Å². The Morgan fingerprint density at radius 1 is 1.06 bits per heavy atom. The van der Waals surface area contributed by atoms with Crippen LogP contribution in [0.5, 0.6) is 0 Å². The number of hydrogen-bond donors (Lipinski definition) is 0. The molecule has 0 aliphatic heterocycles. The molecule has 0 radical (unpaired) electrons. The van der Waals surface area contributed by atoms with Crippen LogP contribution in [0.25, 0.3) is 0 Å². The lowest BCUT2D eigenvalue weighted by molar-refractivity contribution is 0.482. The summed E-state index contributed by atoms with van der Waals surface area (Å²) >= 11 is 1.90. The Morgan fingerprint density at radius 3 is 2.41 bits per heavy atom. The average molecular weight is 252 g/mol. The first-order chi connectivity index (χ1) is 8.33. The lowest BCUT2D eigenvalue weighted by atomic mass is 9.98. The highest BCUT2D eigenvalue weighted by Crippen LogP contribution is 2.19. The highest BCUT2D eigenvalue weighted by atomic mass is 32.1. The normalized spacial score (nSPS) is 12.8. The van der Waals surface area contributed by atoms with Gasteiger partial charge in [-0.15, -0.1) is 11.3 Å². The van der Waals surface area contributed by atoms with E-state index in [0.717, 1.165) is 5.92 Å². The molecule has 0 fully saturated rings. The molecule has 17 heavy (non-hydrogen) atoms. The molecule has 0 saturated heterocycles. The van der Waals surface area contributed by atoms with Gasteiger partial charge in [0, 0.05) is 4.88 Å². The SMILES string of the molecule is CCCCCCCCCC(C)Cc1cccs1. The summed E-state index contributed by atoms with van der Waals surface area (Å²) in [6.07, 6.45) is 12.7. The quantitative estimate of drug-likeness (QED) is 0.443. The van der Waals surface area contributed by atoms with Crippen LogP contribution >= 0.6 is 11.3 Å². The molecule has 1 atom stereocenters. The molecular formula is C16H28S. The number of hydrogen-bond acceptors (Lipinski definition) is 1. The first-order valence-electron chi connectivity index (χ1n) is 7.35. The summed E-state index contributed by atoms with van der Waals surface area (Å²) in [4.78, 5) is 1.56. The van der Waals surface area contributed by atoms with Gasteiger partial charge >= 0.3 is 0 Å². The Kier molecular flexibility index (Phi) is 8.42.